The van der Waals surface area contributed by atoms with Gasteiger partial charge in [0.2, 0.25) is 10.0 Å². The molecule has 4 aromatic rings. The van der Waals surface area contributed by atoms with Crippen LogP contribution in [0.1, 0.15) is 11.1 Å². The van der Waals surface area contributed by atoms with Crippen molar-refractivity contribution in [2.75, 3.05) is 20.8 Å². The Morgan fingerprint density at radius 1 is 0.812 bits per heavy atom. The van der Waals surface area contributed by atoms with E-state index in [1.165, 1.54) is 18.5 Å². The van der Waals surface area contributed by atoms with Gasteiger partial charge in [0.15, 0.2) is 6.29 Å². The Hall–Kier alpha value is -2.77. The summed E-state index contributed by atoms with van der Waals surface area (Å²) in [4.78, 5) is 0.249. The molecule has 166 valence electrons. The number of aryl methyl sites for hydroxylation is 1. The van der Waals surface area contributed by atoms with E-state index in [0.717, 1.165) is 32.7 Å². The van der Waals surface area contributed by atoms with E-state index in [1.54, 1.807) is 24.3 Å². The molecule has 0 unspecified atom stereocenters. The van der Waals surface area contributed by atoms with E-state index in [9.17, 15) is 8.42 Å². The van der Waals surface area contributed by atoms with Crippen LogP contribution in [0.2, 0.25) is 0 Å². The fourth-order valence-corrected chi connectivity index (χ4v) is 5.38. The standard InChI is InChI=1S/C26H27NO4S/c1-19-12-14-22(15-13-19)32(28,29)27(18-26(30-2)31-3)17-21-16-20-8-4-5-9-23(20)25-11-7-6-10-24(21)25/h4-16,26H,17-18H2,1-3H3. The van der Waals surface area contributed by atoms with Crippen LogP contribution in [0.4, 0.5) is 0 Å². The van der Waals surface area contributed by atoms with Crippen LogP contribution in [0.5, 0.6) is 0 Å². The maximum absolute atomic E-state index is 13.6. The van der Waals surface area contributed by atoms with Crippen LogP contribution < -0.4 is 0 Å². The van der Waals surface area contributed by atoms with Crippen molar-refractivity contribution in [1.29, 1.82) is 0 Å². The Bertz CT molecular complexity index is 1330. The van der Waals surface area contributed by atoms with Gasteiger partial charge in [0.25, 0.3) is 0 Å². The Labute approximate surface area is 189 Å². The van der Waals surface area contributed by atoms with Gasteiger partial charge in [-0.25, -0.2) is 8.42 Å². The van der Waals surface area contributed by atoms with E-state index >= 15 is 0 Å². The molecule has 4 aromatic carbocycles. The second-order valence-corrected chi connectivity index (χ2v) is 9.75. The minimum Gasteiger partial charge on any atom is -0.354 e. The van der Waals surface area contributed by atoms with Gasteiger partial charge in [0.1, 0.15) is 0 Å². The fraction of sp³-hybridized carbons (Fsp3) is 0.231. The summed E-state index contributed by atoms with van der Waals surface area (Å²) < 4.78 is 39.4. The quantitative estimate of drug-likeness (QED) is 0.277. The lowest BCUT2D eigenvalue weighted by Gasteiger charge is -2.26. The number of ether oxygens (including phenoxy) is 2. The van der Waals surface area contributed by atoms with Gasteiger partial charge in [0, 0.05) is 20.8 Å². The summed E-state index contributed by atoms with van der Waals surface area (Å²) in [5, 5.41) is 4.35. The third-order valence-corrected chi connectivity index (χ3v) is 7.56. The average molecular weight is 450 g/mol. The van der Waals surface area contributed by atoms with Crippen molar-refractivity contribution < 1.29 is 17.9 Å². The SMILES string of the molecule is COC(CN(Cc1cc2ccccc2c2ccccc12)S(=O)(=O)c1ccc(C)cc1)OC. The normalized spacial score (nSPS) is 12.3. The van der Waals surface area contributed by atoms with E-state index < -0.39 is 16.3 Å². The highest BCUT2D eigenvalue weighted by Crippen LogP contribution is 2.31. The van der Waals surface area contributed by atoms with Gasteiger partial charge in [-0.2, -0.15) is 4.31 Å². The molecule has 0 aliphatic rings. The van der Waals surface area contributed by atoms with Crippen molar-refractivity contribution >= 4 is 31.6 Å². The molecule has 0 aliphatic carbocycles. The highest BCUT2D eigenvalue weighted by atomic mass is 32.2. The molecule has 5 nitrogen and oxygen atoms in total. The maximum atomic E-state index is 13.6. The van der Waals surface area contributed by atoms with Gasteiger partial charge >= 0.3 is 0 Å². The van der Waals surface area contributed by atoms with Crippen LogP contribution in [0.25, 0.3) is 21.5 Å². The summed E-state index contributed by atoms with van der Waals surface area (Å²) in [6, 6.07) is 25.2. The summed E-state index contributed by atoms with van der Waals surface area (Å²) in [5.74, 6) is 0. The molecule has 32 heavy (non-hydrogen) atoms. The van der Waals surface area contributed by atoms with E-state index in [2.05, 4.69) is 24.3 Å². The van der Waals surface area contributed by atoms with Crippen LogP contribution in [-0.4, -0.2) is 39.8 Å². The predicted octanol–water partition coefficient (Wildman–Crippen LogP) is 5.11. The third kappa shape index (κ3) is 4.40. The zero-order chi connectivity index (χ0) is 22.7. The van der Waals surface area contributed by atoms with Crippen molar-refractivity contribution in [2.24, 2.45) is 0 Å². The van der Waals surface area contributed by atoms with E-state index in [1.807, 2.05) is 37.3 Å². The molecular formula is C26H27NO4S. The highest BCUT2D eigenvalue weighted by Gasteiger charge is 2.28. The van der Waals surface area contributed by atoms with Crippen molar-refractivity contribution in [1.82, 2.24) is 4.31 Å². The second kappa shape index (κ2) is 9.38. The van der Waals surface area contributed by atoms with Gasteiger partial charge in [0.05, 0.1) is 11.4 Å². The molecule has 0 aromatic heterocycles. The molecule has 0 saturated carbocycles. The fourth-order valence-electron chi connectivity index (χ4n) is 3.97. The summed E-state index contributed by atoms with van der Waals surface area (Å²) in [6.45, 7) is 2.20. The van der Waals surface area contributed by atoms with Crippen LogP contribution in [0.3, 0.4) is 0 Å². The van der Waals surface area contributed by atoms with Gasteiger partial charge in [-0.1, -0.05) is 66.2 Å². The summed E-state index contributed by atoms with van der Waals surface area (Å²) in [7, 11) is -0.759. The van der Waals surface area contributed by atoms with Gasteiger partial charge in [-0.05, 0) is 52.2 Å². The lowest BCUT2D eigenvalue weighted by molar-refractivity contribution is -0.108. The zero-order valence-corrected chi connectivity index (χ0v) is 19.3. The minimum absolute atomic E-state index is 0.0738. The molecule has 4 rings (SSSR count). The first-order chi connectivity index (χ1) is 15.4. The number of benzene rings is 4. The molecule has 0 aliphatic heterocycles. The number of sulfonamides is 1. The summed E-state index contributed by atoms with van der Waals surface area (Å²) >= 11 is 0. The van der Waals surface area contributed by atoms with Crippen LogP contribution in [0.15, 0.2) is 83.8 Å². The molecule has 0 heterocycles. The molecule has 0 radical (unpaired) electrons. The zero-order valence-electron chi connectivity index (χ0n) is 18.5. The summed E-state index contributed by atoms with van der Waals surface area (Å²) in [6.07, 6.45) is -0.679. The highest BCUT2D eigenvalue weighted by molar-refractivity contribution is 7.89. The molecule has 0 fully saturated rings. The molecule has 6 heteroatoms. The molecule has 0 spiro atoms. The van der Waals surface area contributed by atoms with Gasteiger partial charge in [-0.3, -0.25) is 0 Å². The van der Waals surface area contributed by atoms with Crippen molar-refractivity contribution in [3.05, 3.63) is 90.0 Å². The number of methoxy groups -OCH3 is 2. The van der Waals surface area contributed by atoms with Crippen molar-refractivity contribution in [3.8, 4) is 0 Å². The van der Waals surface area contributed by atoms with E-state index in [-0.39, 0.29) is 18.0 Å². The topological polar surface area (TPSA) is 55.8 Å². The number of rotatable bonds is 8. The molecule has 0 saturated heterocycles. The second-order valence-electron chi connectivity index (χ2n) is 7.81. The molecule has 0 atom stereocenters. The molecular weight excluding hydrogens is 422 g/mol. The monoisotopic (exact) mass is 449 g/mol. The Morgan fingerprint density at radius 3 is 2.06 bits per heavy atom. The number of fused-ring (bicyclic) bond motifs is 3. The average Bonchev–Trinajstić information content (AvgIpc) is 2.82. The van der Waals surface area contributed by atoms with Crippen LogP contribution >= 0.6 is 0 Å². The smallest absolute Gasteiger partial charge is 0.243 e. The van der Waals surface area contributed by atoms with Gasteiger partial charge in [-0.15, -0.1) is 0 Å². The van der Waals surface area contributed by atoms with Crippen molar-refractivity contribution in [2.45, 2.75) is 24.7 Å². The first kappa shape index (κ1) is 22.4. The molecule has 0 N–H and O–H groups in total. The van der Waals surface area contributed by atoms with E-state index in [0.29, 0.717) is 0 Å². The predicted molar refractivity (Wildman–Crippen MR) is 128 cm³/mol. The van der Waals surface area contributed by atoms with Gasteiger partial charge < -0.3 is 9.47 Å². The number of hydrogen-bond donors (Lipinski definition) is 0. The molecule has 0 amide bonds. The molecule has 0 bridgehead atoms. The van der Waals surface area contributed by atoms with Crippen molar-refractivity contribution in [3.63, 3.8) is 0 Å². The first-order valence-corrected chi connectivity index (χ1v) is 11.9. The summed E-state index contributed by atoms with van der Waals surface area (Å²) in [5.41, 5.74) is 1.93. The first-order valence-electron chi connectivity index (χ1n) is 10.5. The largest absolute Gasteiger partial charge is 0.354 e. The number of hydrogen-bond acceptors (Lipinski definition) is 4. The van der Waals surface area contributed by atoms with Crippen LogP contribution in [-0.2, 0) is 26.0 Å². The maximum Gasteiger partial charge on any atom is 0.243 e. The van der Waals surface area contributed by atoms with Crippen LogP contribution in [0, 0.1) is 6.92 Å². The number of nitrogens with zero attached hydrogens (tertiary/aromatic N) is 1. The lowest BCUT2D eigenvalue weighted by atomic mass is 9.97. The third-order valence-electron chi connectivity index (χ3n) is 5.74. The van der Waals surface area contributed by atoms with E-state index in [4.69, 9.17) is 9.47 Å². The lowest BCUT2D eigenvalue weighted by Crippen LogP contribution is -2.38. The Kier molecular flexibility index (Phi) is 6.58. The Balaban J connectivity index is 1.84. The minimum atomic E-state index is -3.78. The Morgan fingerprint density at radius 2 is 1.41 bits per heavy atom.